The molecule has 0 saturated heterocycles. The van der Waals surface area contributed by atoms with Gasteiger partial charge < -0.3 is 15.2 Å². The van der Waals surface area contributed by atoms with Gasteiger partial charge in [0.2, 0.25) is 0 Å². The predicted octanol–water partition coefficient (Wildman–Crippen LogP) is 2.96. The summed E-state index contributed by atoms with van der Waals surface area (Å²) in [7, 11) is 0. The number of hydrogen-bond acceptors (Lipinski definition) is 3. The number of fused-ring (bicyclic) bond motifs is 3. The summed E-state index contributed by atoms with van der Waals surface area (Å²) in [5.41, 5.74) is 5.86. The van der Waals surface area contributed by atoms with E-state index in [-0.39, 0.29) is 19.6 Å². The zero-order chi connectivity index (χ0) is 16.2. The van der Waals surface area contributed by atoms with E-state index in [2.05, 4.69) is 23.5 Å². The van der Waals surface area contributed by atoms with Gasteiger partial charge >= 0.3 is 12.1 Å². The summed E-state index contributed by atoms with van der Waals surface area (Å²) in [5.74, 6) is -0.955. The number of carboxylic acid groups (broad SMARTS) is 1. The molecule has 2 aromatic carbocycles. The number of rotatable bonds is 5. The molecule has 0 aromatic heterocycles. The lowest BCUT2D eigenvalue weighted by molar-refractivity contribution is -0.136. The van der Waals surface area contributed by atoms with Crippen LogP contribution in [-0.4, -0.2) is 23.7 Å². The number of benzene rings is 2. The molecule has 0 unspecified atom stereocenters. The van der Waals surface area contributed by atoms with Crippen molar-refractivity contribution in [2.75, 3.05) is 6.54 Å². The van der Waals surface area contributed by atoms with E-state index in [1.165, 1.54) is 22.3 Å². The summed E-state index contributed by atoms with van der Waals surface area (Å²) in [6.07, 6.45) is 0.121. The third-order valence-electron chi connectivity index (χ3n) is 3.91. The molecule has 5 nitrogen and oxygen atoms in total. The fourth-order valence-electron chi connectivity index (χ4n) is 2.82. The molecule has 118 valence electrons. The summed E-state index contributed by atoms with van der Waals surface area (Å²) in [5, 5.41) is 11.0. The number of hydrogen-bond donors (Lipinski definition) is 2. The van der Waals surface area contributed by atoms with Crippen LogP contribution in [0.5, 0.6) is 0 Å². The highest BCUT2D eigenvalue weighted by molar-refractivity contribution is 5.78. The maximum absolute atomic E-state index is 11.6. The van der Waals surface area contributed by atoms with Crippen molar-refractivity contribution in [1.29, 1.82) is 0 Å². The highest BCUT2D eigenvalue weighted by atomic mass is 16.5. The maximum Gasteiger partial charge on any atom is 0.407 e. The van der Waals surface area contributed by atoms with Crippen molar-refractivity contribution in [3.8, 4) is 11.1 Å². The molecule has 2 N–H and O–H groups in total. The molecule has 0 radical (unpaired) electrons. The van der Waals surface area contributed by atoms with Gasteiger partial charge in [0.05, 0.1) is 6.42 Å². The standard InChI is InChI=1S/C18H17NO4/c20-17(21)8-9-19-18(22)23-11-13-5-3-7-15-14-6-2-1-4-12(14)10-16(13)15/h1-7H,8-11H2,(H,19,22)(H,20,21). The van der Waals surface area contributed by atoms with Crippen LogP contribution >= 0.6 is 0 Å². The first-order valence-corrected chi connectivity index (χ1v) is 7.46. The molecular weight excluding hydrogens is 294 g/mol. The monoisotopic (exact) mass is 311 g/mol. The van der Waals surface area contributed by atoms with Gasteiger partial charge in [-0.05, 0) is 34.2 Å². The number of nitrogens with one attached hydrogen (secondary N) is 1. The normalized spacial score (nSPS) is 11.5. The zero-order valence-corrected chi connectivity index (χ0v) is 12.5. The van der Waals surface area contributed by atoms with E-state index in [9.17, 15) is 9.59 Å². The van der Waals surface area contributed by atoms with Gasteiger partial charge in [0.1, 0.15) is 6.61 Å². The quantitative estimate of drug-likeness (QED) is 0.759. The Bertz CT molecular complexity index is 754. The molecule has 23 heavy (non-hydrogen) atoms. The fraction of sp³-hybridized carbons (Fsp3) is 0.222. The van der Waals surface area contributed by atoms with Crippen LogP contribution in [-0.2, 0) is 22.6 Å². The number of carbonyl (C=O) groups excluding carboxylic acids is 1. The molecule has 0 heterocycles. The molecule has 5 heteroatoms. The lowest BCUT2D eigenvalue weighted by Gasteiger charge is -2.10. The molecule has 0 aliphatic heterocycles. The Morgan fingerprint density at radius 1 is 1.09 bits per heavy atom. The lowest BCUT2D eigenvalue weighted by atomic mass is 10.0. The highest BCUT2D eigenvalue weighted by Gasteiger charge is 2.20. The summed E-state index contributed by atoms with van der Waals surface area (Å²) in [6, 6.07) is 14.3. The number of amides is 1. The Morgan fingerprint density at radius 3 is 2.70 bits per heavy atom. The first-order valence-electron chi connectivity index (χ1n) is 7.46. The number of aliphatic carboxylic acids is 1. The third kappa shape index (κ3) is 3.34. The average molecular weight is 311 g/mol. The minimum Gasteiger partial charge on any atom is -0.481 e. The van der Waals surface area contributed by atoms with E-state index in [1.807, 2.05) is 24.3 Å². The number of ether oxygens (including phenoxy) is 1. The molecule has 1 amide bonds. The Hall–Kier alpha value is -2.82. The summed E-state index contributed by atoms with van der Waals surface area (Å²) < 4.78 is 5.19. The zero-order valence-electron chi connectivity index (χ0n) is 12.5. The Labute approximate surface area is 133 Å². The van der Waals surface area contributed by atoms with Crippen molar-refractivity contribution in [2.24, 2.45) is 0 Å². The molecule has 0 atom stereocenters. The van der Waals surface area contributed by atoms with Crippen molar-refractivity contribution in [3.63, 3.8) is 0 Å². The third-order valence-corrected chi connectivity index (χ3v) is 3.91. The van der Waals surface area contributed by atoms with E-state index >= 15 is 0 Å². The van der Waals surface area contributed by atoms with Crippen molar-refractivity contribution in [1.82, 2.24) is 5.32 Å². The average Bonchev–Trinajstić information content (AvgIpc) is 2.92. The van der Waals surface area contributed by atoms with Gasteiger partial charge in [-0.2, -0.15) is 0 Å². The first kappa shape index (κ1) is 15.1. The number of alkyl carbamates (subject to hydrolysis) is 1. The molecule has 0 saturated carbocycles. The van der Waals surface area contributed by atoms with Gasteiger partial charge in [-0.25, -0.2) is 4.79 Å². The summed E-state index contributed by atoms with van der Waals surface area (Å²) in [4.78, 5) is 22.0. The van der Waals surface area contributed by atoms with Crippen LogP contribution in [0.4, 0.5) is 4.79 Å². The van der Waals surface area contributed by atoms with Crippen molar-refractivity contribution < 1.29 is 19.4 Å². The van der Waals surface area contributed by atoms with Gasteiger partial charge in [-0.15, -0.1) is 0 Å². The topological polar surface area (TPSA) is 75.6 Å². The van der Waals surface area contributed by atoms with Gasteiger partial charge in [-0.1, -0.05) is 42.5 Å². The minimum absolute atomic E-state index is 0.0620. The second-order valence-electron chi connectivity index (χ2n) is 5.42. The van der Waals surface area contributed by atoms with E-state index < -0.39 is 12.1 Å². The van der Waals surface area contributed by atoms with Gasteiger partial charge in [0, 0.05) is 6.54 Å². The first-order chi connectivity index (χ1) is 11.1. The van der Waals surface area contributed by atoms with Crippen LogP contribution in [0, 0.1) is 0 Å². The largest absolute Gasteiger partial charge is 0.481 e. The smallest absolute Gasteiger partial charge is 0.407 e. The molecule has 2 aromatic rings. The number of carboxylic acids is 1. The number of carbonyl (C=O) groups is 2. The Kier molecular flexibility index (Phi) is 4.28. The fourth-order valence-corrected chi connectivity index (χ4v) is 2.82. The molecule has 3 rings (SSSR count). The van der Waals surface area contributed by atoms with Crippen molar-refractivity contribution in [2.45, 2.75) is 19.4 Å². The van der Waals surface area contributed by atoms with E-state index in [4.69, 9.17) is 9.84 Å². The van der Waals surface area contributed by atoms with E-state index in [0.717, 1.165) is 12.0 Å². The van der Waals surface area contributed by atoms with E-state index in [0.29, 0.717) is 0 Å². The lowest BCUT2D eigenvalue weighted by Crippen LogP contribution is -2.26. The maximum atomic E-state index is 11.6. The molecule has 1 aliphatic rings. The molecule has 1 aliphatic carbocycles. The SMILES string of the molecule is O=C(O)CCNC(=O)OCc1cccc2c1Cc1ccccc1-2. The molecule has 0 fully saturated rings. The van der Waals surface area contributed by atoms with Crippen LogP contribution in [0.3, 0.4) is 0 Å². The van der Waals surface area contributed by atoms with Crippen molar-refractivity contribution in [3.05, 3.63) is 59.2 Å². The van der Waals surface area contributed by atoms with Crippen LogP contribution in [0.25, 0.3) is 11.1 Å². The second-order valence-corrected chi connectivity index (χ2v) is 5.42. The Balaban J connectivity index is 1.65. The second kappa shape index (κ2) is 6.52. The molecule has 0 bridgehead atoms. The minimum atomic E-state index is -0.955. The van der Waals surface area contributed by atoms with Gasteiger partial charge in [0.25, 0.3) is 0 Å². The Morgan fingerprint density at radius 2 is 1.87 bits per heavy atom. The highest BCUT2D eigenvalue weighted by Crippen LogP contribution is 2.38. The summed E-state index contributed by atoms with van der Waals surface area (Å²) in [6.45, 7) is 0.239. The van der Waals surface area contributed by atoms with Crippen LogP contribution < -0.4 is 5.32 Å². The van der Waals surface area contributed by atoms with E-state index in [1.54, 1.807) is 0 Å². The van der Waals surface area contributed by atoms with Gasteiger partial charge in [0.15, 0.2) is 0 Å². The van der Waals surface area contributed by atoms with Crippen LogP contribution in [0.2, 0.25) is 0 Å². The molecular formula is C18H17NO4. The summed E-state index contributed by atoms with van der Waals surface area (Å²) >= 11 is 0. The van der Waals surface area contributed by atoms with Crippen molar-refractivity contribution >= 4 is 12.1 Å². The molecule has 0 spiro atoms. The van der Waals surface area contributed by atoms with Gasteiger partial charge in [-0.3, -0.25) is 4.79 Å². The van der Waals surface area contributed by atoms with Crippen LogP contribution in [0.1, 0.15) is 23.1 Å². The predicted molar refractivity (Wildman–Crippen MR) is 85.1 cm³/mol. The van der Waals surface area contributed by atoms with Crippen LogP contribution in [0.15, 0.2) is 42.5 Å².